The normalized spacial score (nSPS) is 29.5. The van der Waals surface area contributed by atoms with Crippen LogP contribution in [0.2, 0.25) is 0 Å². The summed E-state index contributed by atoms with van der Waals surface area (Å²) in [6.07, 6.45) is 13.4. The van der Waals surface area contributed by atoms with Crippen LogP contribution in [-0.4, -0.2) is 18.1 Å². The van der Waals surface area contributed by atoms with Gasteiger partial charge in [0.2, 0.25) is 0 Å². The molecule has 0 saturated heterocycles. The average molecular weight is 367 g/mol. The third kappa shape index (κ3) is 5.92. The van der Waals surface area contributed by atoms with E-state index in [4.69, 9.17) is 4.74 Å². The van der Waals surface area contributed by atoms with E-state index < -0.39 is 5.83 Å². The molecule has 0 spiro atoms. The lowest BCUT2D eigenvalue weighted by molar-refractivity contribution is 0.230. The van der Waals surface area contributed by atoms with Crippen molar-refractivity contribution in [2.75, 3.05) is 12.9 Å². The lowest BCUT2D eigenvalue weighted by Gasteiger charge is -2.34. The topological polar surface area (TPSA) is 9.23 Å². The second-order valence-electron chi connectivity index (χ2n) is 6.87. The summed E-state index contributed by atoms with van der Waals surface area (Å²) in [5.74, 6) is 2.24. The minimum absolute atomic E-state index is 0.00763. The lowest BCUT2D eigenvalue weighted by Crippen LogP contribution is -2.25. The van der Waals surface area contributed by atoms with Gasteiger partial charge in [-0.3, -0.25) is 0 Å². The summed E-state index contributed by atoms with van der Waals surface area (Å²) < 4.78 is 31.2. The van der Waals surface area contributed by atoms with Gasteiger partial charge in [0.05, 0.1) is 17.9 Å². The van der Waals surface area contributed by atoms with Crippen molar-refractivity contribution in [3.63, 3.8) is 0 Å². The number of halogens is 2. The van der Waals surface area contributed by atoms with Crippen molar-refractivity contribution in [1.82, 2.24) is 0 Å². The number of methoxy groups -OCH3 is 1. The van der Waals surface area contributed by atoms with Crippen molar-refractivity contribution >= 4 is 11.8 Å². The van der Waals surface area contributed by atoms with Gasteiger partial charge < -0.3 is 4.74 Å². The van der Waals surface area contributed by atoms with Gasteiger partial charge in [0.15, 0.2) is 5.83 Å². The average Bonchev–Trinajstić information content (AvgIpc) is 2.66. The molecule has 2 rings (SSSR count). The van der Waals surface area contributed by atoms with E-state index in [0.29, 0.717) is 5.92 Å². The summed E-state index contributed by atoms with van der Waals surface area (Å²) >= 11 is 1.66. The summed E-state index contributed by atoms with van der Waals surface area (Å²) in [6.45, 7) is 2.26. The van der Waals surface area contributed by atoms with Crippen molar-refractivity contribution in [3.8, 4) is 0 Å². The second-order valence-corrected chi connectivity index (χ2v) is 8.04. The van der Waals surface area contributed by atoms with Crippen LogP contribution >= 0.6 is 11.8 Å². The van der Waals surface area contributed by atoms with Crippen molar-refractivity contribution in [1.29, 1.82) is 0 Å². The van der Waals surface area contributed by atoms with E-state index in [9.17, 15) is 8.78 Å². The first-order chi connectivity index (χ1) is 12.2. The molecule has 0 aromatic heterocycles. The molecule has 1 fully saturated rings. The molecule has 2 aliphatic rings. The van der Waals surface area contributed by atoms with Crippen LogP contribution in [0.15, 0.2) is 47.6 Å². The van der Waals surface area contributed by atoms with Crippen LogP contribution in [0.5, 0.6) is 0 Å². The zero-order valence-electron chi connectivity index (χ0n) is 15.1. The highest BCUT2D eigenvalue weighted by molar-refractivity contribution is 8.00. The van der Waals surface area contributed by atoms with Gasteiger partial charge in [0.25, 0.3) is 0 Å². The van der Waals surface area contributed by atoms with E-state index in [0.717, 1.165) is 17.6 Å². The largest absolute Gasteiger partial charge is 0.496 e. The molecule has 2 unspecified atom stereocenters. The maximum atomic E-state index is 13.8. The fourth-order valence-corrected chi connectivity index (χ4v) is 5.20. The molecule has 1 nitrogen and oxygen atoms in total. The van der Waals surface area contributed by atoms with Crippen LogP contribution in [0.4, 0.5) is 8.78 Å². The standard InChI is InChI=1S/C21H28F2OS/c1-3-5-16-7-9-17(10-8-16)18-11-12-21(25-15-18)19(20(23)14-22)6-4-13-24-2/h11-14,16-18,21H,3,5,7-10,15H2,1-2H3/b19-13?,20-14-. The number of hydrogen-bond donors (Lipinski definition) is 0. The zero-order chi connectivity index (χ0) is 18.1. The van der Waals surface area contributed by atoms with Crippen molar-refractivity contribution < 1.29 is 13.5 Å². The summed E-state index contributed by atoms with van der Waals surface area (Å²) in [4.78, 5) is 0. The van der Waals surface area contributed by atoms with E-state index in [-0.39, 0.29) is 17.2 Å². The van der Waals surface area contributed by atoms with E-state index in [1.165, 1.54) is 51.9 Å². The van der Waals surface area contributed by atoms with Crippen molar-refractivity contribution in [2.45, 2.75) is 50.7 Å². The smallest absolute Gasteiger partial charge is 0.164 e. The minimum atomic E-state index is -0.891. The second kappa shape index (κ2) is 10.7. The van der Waals surface area contributed by atoms with E-state index in [1.807, 2.05) is 6.08 Å². The summed E-state index contributed by atoms with van der Waals surface area (Å²) in [5.41, 5.74) is 5.48. The van der Waals surface area contributed by atoms with Gasteiger partial charge in [-0.25, -0.2) is 8.78 Å². The maximum absolute atomic E-state index is 13.8. The number of thioether (sulfide) groups is 1. The molecule has 0 amide bonds. The van der Waals surface area contributed by atoms with Crippen LogP contribution < -0.4 is 0 Å². The Morgan fingerprint density at radius 1 is 1.28 bits per heavy atom. The Bertz CT molecular complexity index is 575. The molecule has 1 saturated carbocycles. The molecule has 25 heavy (non-hydrogen) atoms. The van der Waals surface area contributed by atoms with E-state index >= 15 is 0 Å². The highest BCUT2D eigenvalue weighted by atomic mass is 32.2. The van der Waals surface area contributed by atoms with Gasteiger partial charge in [-0.1, -0.05) is 50.5 Å². The van der Waals surface area contributed by atoms with Crippen molar-refractivity contribution in [3.05, 3.63) is 47.6 Å². The Morgan fingerprint density at radius 3 is 2.60 bits per heavy atom. The van der Waals surface area contributed by atoms with Crippen LogP contribution in [0.1, 0.15) is 45.4 Å². The van der Waals surface area contributed by atoms with Gasteiger partial charge in [-0.2, -0.15) is 0 Å². The third-order valence-electron chi connectivity index (χ3n) is 5.22. The monoisotopic (exact) mass is 366 g/mol. The van der Waals surface area contributed by atoms with Crippen LogP contribution in [-0.2, 0) is 4.74 Å². The van der Waals surface area contributed by atoms with Gasteiger partial charge in [0, 0.05) is 5.75 Å². The van der Waals surface area contributed by atoms with Gasteiger partial charge in [0.1, 0.15) is 12.6 Å². The summed E-state index contributed by atoms with van der Waals surface area (Å²) in [6, 6.07) is 0. The number of ether oxygens (including phenoxy) is 1. The molecular weight excluding hydrogens is 338 g/mol. The Morgan fingerprint density at radius 2 is 2.04 bits per heavy atom. The first-order valence-corrected chi connectivity index (χ1v) is 10.2. The molecule has 0 radical (unpaired) electrons. The Balaban J connectivity index is 2.01. The van der Waals surface area contributed by atoms with E-state index in [1.54, 1.807) is 11.8 Å². The highest BCUT2D eigenvalue weighted by Crippen LogP contribution is 2.41. The maximum Gasteiger partial charge on any atom is 0.164 e. The molecule has 0 aromatic carbocycles. The molecule has 1 aliphatic heterocycles. The third-order valence-corrected chi connectivity index (χ3v) is 6.55. The molecular formula is C21H28F2OS. The SMILES string of the molecule is CCCC1CCC(C2C=CC(C(=C=C=COC)/C(F)=C/F)SC2)CC1. The lowest BCUT2D eigenvalue weighted by atomic mass is 9.75. The summed E-state index contributed by atoms with van der Waals surface area (Å²) in [5, 5.41) is -0.225. The van der Waals surface area contributed by atoms with Crippen LogP contribution in [0.3, 0.4) is 0 Å². The molecule has 0 N–H and O–H groups in total. The Kier molecular flexibility index (Phi) is 8.61. The summed E-state index contributed by atoms with van der Waals surface area (Å²) in [7, 11) is 1.48. The number of allylic oxidation sites excluding steroid dienone is 2. The minimum Gasteiger partial charge on any atom is -0.496 e. The van der Waals surface area contributed by atoms with Crippen molar-refractivity contribution in [2.24, 2.45) is 17.8 Å². The Labute approximate surface area is 154 Å². The van der Waals surface area contributed by atoms with Gasteiger partial charge >= 0.3 is 0 Å². The molecule has 1 aliphatic carbocycles. The molecule has 0 bridgehead atoms. The van der Waals surface area contributed by atoms with Gasteiger partial charge in [-0.05, 0) is 36.3 Å². The molecule has 1 heterocycles. The van der Waals surface area contributed by atoms with E-state index in [2.05, 4.69) is 24.5 Å². The fraction of sp³-hybridized carbons (Fsp3) is 0.619. The number of hydrogen-bond acceptors (Lipinski definition) is 2. The number of rotatable bonds is 6. The highest BCUT2D eigenvalue weighted by Gasteiger charge is 2.29. The predicted molar refractivity (Wildman–Crippen MR) is 102 cm³/mol. The van der Waals surface area contributed by atoms with Crippen LogP contribution in [0.25, 0.3) is 0 Å². The molecule has 138 valence electrons. The first kappa shape index (κ1) is 20.1. The molecule has 4 heteroatoms. The quantitative estimate of drug-likeness (QED) is 0.230. The first-order valence-electron chi connectivity index (χ1n) is 9.18. The molecule has 0 aromatic rings. The Hall–Kier alpha value is -1.21. The van der Waals surface area contributed by atoms with Crippen LogP contribution in [0, 0.1) is 17.8 Å². The fourth-order valence-electron chi connectivity index (χ4n) is 3.85. The predicted octanol–water partition coefficient (Wildman–Crippen LogP) is 6.50. The van der Waals surface area contributed by atoms with Gasteiger partial charge in [-0.15, -0.1) is 11.8 Å². The zero-order valence-corrected chi connectivity index (χ0v) is 16.0. The molecule has 2 atom stereocenters.